The molecule has 0 spiro atoms. The maximum Gasteiger partial charge on any atom is 0.490 e. The summed E-state index contributed by atoms with van der Waals surface area (Å²) < 4.78 is 47.8. The number of carboxylic acids is 1. The molecule has 0 radical (unpaired) electrons. The van der Waals surface area contributed by atoms with E-state index < -0.39 is 12.1 Å². The van der Waals surface area contributed by atoms with E-state index in [9.17, 15) is 22.8 Å². The van der Waals surface area contributed by atoms with E-state index in [2.05, 4.69) is 5.32 Å². The third kappa shape index (κ3) is 9.04. The van der Waals surface area contributed by atoms with Gasteiger partial charge >= 0.3 is 12.1 Å². The highest BCUT2D eigenvalue weighted by Crippen LogP contribution is 2.28. The fraction of sp³-hybridized carbons (Fsp3) is 0.185. The first kappa shape index (κ1) is 31.1. The van der Waals surface area contributed by atoms with Crippen LogP contribution in [0.1, 0.15) is 31.8 Å². The van der Waals surface area contributed by atoms with Crippen LogP contribution in [0.25, 0.3) is 0 Å². The average molecular weight is 562 g/mol. The van der Waals surface area contributed by atoms with Gasteiger partial charge in [0.1, 0.15) is 18.2 Å². The van der Waals surface area contributed by atoms with Gasteiger partial charge in [-0.05, 0) is 42.5 Å². The van der Waals surface area contributed by atoms with Gasteiger partial charge in [0.25, 0.3) is 5.91 Å². The van der Waals surface area contributed by atoms with Gasteiger partial charge in [0.15, 0.2) is 17.3 Å². The van der Waals surface area contributed by atoms with Gasteiger partial charge in [-0.15, -0.1) is 0 Å². The van der Waals surface area contributed by atoms with Gasteiger partial charge in [-0.25, -0.2) is 4.79 Å². The van der Waals surface area contributed by atoms with E-state index >= 15 is 0 Å². The molecule has 1 amide bonds. The predicted octanol–water partition coefficient (Wildman–Crippen LogP) is 3.66. The number of carboxylic acid groups (broad SMARTS) is 1. The van der Waals surface area contributed by atoms with Crippen molar-refractivity contribution in [1.82, 2.24) is 5.32 Å². The summed E-state index contributed by atoms with van der Waals surface area (Å²) in [5.41, 5.74) is 7.37. The van der Waals surface area contributed by atoms with E-state index in [4.69, 9.17) is 35.3 Å². The van der Waals surface area contributed by atoms with Crippen LogP contribution in [0, 0.1) is 5.41 Å². The van der Waals surface area contributed by atoms with Crippen molar-refractivity contribution in [2.24, 2.45) is 5.73 Å². The summed E-state index contributed by atoms with van der Waals surface area (Å²) in [6, 6.07) is 18.2. The van der Waals surface area contributed by atoms with Crippen molar-refractivity contribution in [2.45, 2.75) is 6.18 Å². The van der Waals surface area contributed by atoms with Gasteiger partial charge in [0.2, 0.25) is 0 Å². The first-order chi connectivity index (χ1) is 18.9. The Kier molecular flexibility index (Phi) is 11.0. The minimum Gasteiger partial charge on any atom is -0.493 e. The van der Waals surface area contributed by atoms with Crippen LogP contribution in [0.5, 0.6) is 17.2 Å². The van der Waals surface area contributed by atoms with Crippen molar-refractivity contribution in [3.63, 3.8) is 0 Å². The number of nitrogen functional groups attached to an aromatic ring is 1. The number of ether oxygens (including phenoxy) is 3. The van der Waals surface area contributed by atoms with Crippen LogP contribution in [-0.2, 0) is 4.79 Å². The Balaban J connectivity index is 0.000000708. The molecule has 3 aromatic rings. The molecule has 0 atom stereocenters. The minimum atomic E-state index is -5.08. The van der Waals surface area contributed by atoms with Crippen molar-refractivity contribution in [3.8, 4) is 17.2 Å². The quantitative estimate of drug-likeness (QED) is 0.126. The summed E-state index contributed by atoms with van der Waals surface area (Å²) in [6.07, 6.45) is -5.08. The smallest absolute Gasteiger partial charge is 0.490 e. The first-order valence-corrected chi connectivity index (χ1v) is 11.4. The molecule has 0 aliphatic rings. The third-order valence-corrected chi connectivity index (χ3v) is 5.10. The molecule has 3 rings (SSSR count). The molecule has 10 nitrogen and oxygen atoms in total. The second-order valence-electron chi connectivity index (χ2n) is 7.83. The van der Waals surface area contributed by atoms with Gasteiger partial charge in [0, 0.05) is 22.3 Å². The number of aliphatic carboxylic acids is 1. The molecule has 13 heteroatoms. The van der Waals surface area contributed by atoms with Crippen LogP contribution in [0.3, 0.4) is 0 Å². The summed E-state index contributed by atoms with van der Waals surface area (Å²) >= 11 is 0. The number of benzene rings is 3. The maximum atomic E-state index is 12.8. The number of nitrogens with one attached hydrogen (secondary N) is 2. The van der Waals surface area contributed by atoms with E-state index in [1.54, 1.807) is 66.7 Å². The third-order valence-electron chi connectivity index (χ3n) is 5.10. The highest BCUT2D eigenvalue weighted by Gasteiger charge is 2.38. The van der Waals surface area contributed by atoms with Gasteiger partial charge in [-0.3, -0.25) is 15.0 Å². The maximum absolute atomic E-state index is 12.8. The lowest BCUT2D eigenvalue weighted by molar-refractivity contribution is -0.192. The van der Waals surface area contributed by atoms with Crippen LogP contribution in [0.2, 0.25) is 0 Å². The highest BCUT2D eigenvalue weighted by molar-refractivity contribution is 6.09. The number of carbonyl (C=O) groups excluding carboxylic acids is 2. The molecule has 5 N–H and O–H groups in total. The van der Waals surface area contributed by atoms with Gasteiger partial charge in [0.05, 0.1) is 20.8 Å². The number of rotatable bonds is 10. The largest absolute Gasteiger partial charge is 0.493 e. The molecule has 0 aliphatic carbocycles. The molecule has 40 heavy (non-hydrogen) atoms. The molecule has 0 unspecified atom stereocenters. The van der Waals surface area contributed by atoms with Crippen LogP contribution in [-0.4, -0.2) is 62.1 Å². The Hall–Kier alpha value is -5.07. The average Bonchev–Trinajstić information content (AvgIpc) is 2.94. The number of alkyl halides is 3. The lowest BCUT2D eigenvalue weighted by Crippen LogP contribution is -2.28. The van der Waals surface area contributed by atoms with E-state index in [1.165, 1.54) is 14.2 Å². The standard InChI is InChI=1S/C25H25N3O5.C2HF3O2/c1-31-21-11-10-18(15-22(21)32-2)23(29)16-6-8-17(9-7-16)25(30)28-12-13-33-20-5-3-4-19(14-20)24(26)27;3-2(4,5)1(6)7/h3-11,14-15H,12-13H2,1-2H3,(H3,26,27)(H,28,30);(H,6,7). The van der Waals surface area contributed by atoms with E-state index in [1.807, 2.05) is 0 Å². The SMILES string of the molecule is COc1ccc(C(=O)c2ccc(C(=O)NCCOc3cccc(C(=N)N)c3)cc2)cc1OC.O=C(O)C(F)(F)F. The number of carbonyl (C=O) groups is 3. The molecular weight excluding hydrogens is 535 g/mol. The fourth-order valence-corrected chi connectivity index (χ4v) is 3.11. The Morgan fingerprint density at radius 2 is 1.45 bits per heavy atom. The number of hydrogen-bond donors (Lipinski definition) is 4. The predicted molar refractivity (Wildman–Crippen MR) is 138 cm³/mol. The number of amidine groups is 1. The summed E-state index contributed by atoms with van der Waals surface area (Å²) in [4.78, 5) is 34.0. The summed E-state index contributed by atoms with van der Waals surface area (Å²) in [6.45, 7) is 0.540. The lowest BCUT2D eigenvalue weighted by Gasteiger charge is -2.10. The van der Waals surface area contributed by atoms with Gasteiger partial charge in [-0.1, -0.05) is 24.3 Å². The Morgan fingerprint density at radius 1 is 0.875 bits per heavy atom. The number of nitrogens with two attached hydrogens (primary N) is 1. The normalized spacial score (nSPS) is 10.4. The van der Waals surface area contributed by atoms with Crippen LogP contribution >= 0.6 is 0 Å². The van der Waals surface area contributed by atoms with Crippen LogP contribution in [0.15, 0.2) is 66.7 Å². The van der Waals surface area contributed by atoms with Gasteiger partial charge < -0.3 is 30.4 Å². The number of hydrogen-bond acceptors (Lipinski definition) is 7. The van der Waals surface area contributed by atoms with Gasteiger partial charge in [-0.2, -0.15) is 13.2 Å². The topological polar surface area (TPSA) is 161 Å². The van der Waals surface area contributed by atoms with E-state index in [-0.39, 0.29) is 30.7 Å². The van der Waals surface area contributed by atoms with Crippen LogP contribution < -0.4 is 25.3 Å². The minimum absolute atomic E-state index is 0.0400. The summed E-state index contributed by atoms with van der Waals surface area (Å²) in [7, 11) is 3.04. The van der Waals surface area contributed by atoms with Crippen molar-refractivity contribution in [3.05, 3.63) is 89.0 Å². The Bertz CT molecular complexity index is 1360. The molecule has 0 aromatic heterocycles. The second-order valence-corrected chi connectivity index (χ2v) is 7.83. The highest BCUT2D eigenvalue weighted by atomic mass is 19.4. The molecule has 3 aromatic carbocycles. The van der Waals surface area contributed by atoms with Crippen molar-refractivity contribution >= 4 is 23.5 Å². The molecule has 0 saturated heterocycles. The number of methoxy groups -OCH3 is 2. The summed E-state index contributed by atoms with van der Waals surface area (Å²) in [5.74, 6) is -1.69. The number of halogens is 3. The molecule has 0 fully saturated rings. The van der Waals surface area contributed by atoms with Crippen molar-refractivity contribution in [1.29, 1.82) is 5.41 Å². The zero-order chi connectivity index (χ0) is 29.9. The zero-order valence-electron chi connectivity index (χ0n) is 21.4. The molecule has 0 saturated carbocycles. The first-order valence-electron chi connectivity index (χ1n) is 11.4. The lowest BCUT2D eigenvalue weighted by atomic mass is 10.0. The second kappa shape index (κ2) is 14.2. The molecular formula is C27H26F3N3O7. The molecule has 0 aliphatic heterocycles. The Morgan fingerprint density at radius 3 is 2.00 bits per heavy atom. The van der Waals surface area contributed by atoms with Crippen molar-refractivity contribution in [2.75, 3.05) is 27.4 Å². The monoisotopic (exact) mass is 561 g/mol. The zero-order valence-corrected chi connectivity index (χ0v) is 21.4. The summed E-state index contributed by atoms with van der Waals surface area (Å²) in [5, 5.41) is 17.3. The fourth-order valence-electron chi connectivity index (χ4n) is 3.11. The molecule has 212 valence electrons. The van der Waals surface area contributed by atoms with E-state index in [0.717, 1.165) is 0 Å². The molecule has 0 heterocycles. The Labute approximate surface area is 227 Å². The van der Waals surface area contributed by atoms with E-state index in [0.29, 0.717) is 39.5 Å². The number of ketones is 1. The number of amides is 1. The van der Waals surface area contributed by atoms with Crippen LogP contribution in [0.4, 0.5) is 13.2 Å². The van der Waals surface area contributed by atoms with Crippen molar-refractivity contribution < 1.29 is 46.9 Å². The molecule has 0 bridgehead atoms.